The zero-order valence-electron chi connectivity index (χ0n) is 21.3. The Hall–Kier alpha value is -3.45. The van der Waals surface area contributed by atoms with Crippen LogP contribution in [0.25, 0.3) is 11.0 Å². The number of carbonyl (C=O) groups excluding carboxylic acids is 1. The smallest absolute Gasteiger partial charge is 0.297 e. The lowest BCUT2D eigenvalue weighted by Gasteiger charge is -2.22. The van der Waals surface area contributed by atoms with Gasteiger partial charge in [0.2, 0.25) is 5.76 Å². The number of anilines is 1. The number of nitrogens with zero attached hydrogens (tertiary/aromatic N) is 2. The highest BCUT2D eigenvalue weighted by Gasteiger charge is 2.45. The van der Waals surface area contributed by atoms with E-state index in [2.05, 4.69) is 11.9 Å². The predicted octanol–water partition coefficient (Wildman–Crippen LogP) is 6.80. The zero-order chi connectivity index (χ0) is 25.6. The van der Waals surface area contributed by atoms with Gasteiger partial charge in [-0.25, -0.2) is 4.98 Å². The summed E-state index contributed by atoms with van der Waals surface area (Å²) in [4.78, 5) is 34.9. The summed E-state index contributed by atoms with van der Waals surface area (Å²) in [5, 5.41) is 1.04. The predicted molar refractivity (Wildman–Crippen MR) is 144 cm³/mol. The van der Waals surface area contributed by atoms with Gasteiger partial charge >= 0.3 is 0 Å². The van der Waals surface area contributed by atoms with Gasteiger partial charge in [-0.15, -0.1) is 11.3 Å². The van der Waals surface area contributed by atoms with E-state index in [1.54, 1.807) is 4.90 Å². The molecule has 0 bridgehead atoms. The lowest BCUT2D eigenvalue weighted by atomic mass is 9.97. The molecule has 2 aromatic carbocycles. The van der Waals surface area contributed by atoms with E-state index in [9.17, 15) is 9.59 Å². The third kappa shape index (κ3) is 4.11. The molecule has 0 spiro atoms. The van der Waals surface area contributed by atoms with Crippen LogP contribution < -0.4 is 15.1 Å². The summed E-state index contributed by atoms with van der Waals surface area (Å²) in [5.41, 5.74) is 4.29. The summed E-state index contributed by atoms with van der Waals surface area (Å²) in [5.74, 6) is 0.510. The van der Waals surface area contributed by atoms with Crippen molar-refractivity contribution in [2.24, 2.45) is 0 Å². The van der Waals surface area contributed by atoms with E-state index in [1.165, 1.54) is 11.3 Å². The Balaban J connectivity index is 1.64. The van der Waals surface area contributed by atoms with Crippen LogP contribution in [0.2, 0.25) is 0 Å². The minimum atomic E-state index is -0.631. The molecule has 1 atom stereocenters. The topological polar surface area (TPSA) is 72.6 Å². The van der Waals surface area contributed by atoms with E-state index in [0.717, 1.165) is 52.3 Å². The first-order valence-corrected chi connectivity index (χ1v) is 13.2. The van der Waals surface area contributed by atoms with E-state index < -0.39 is 6.04 Å². The largest absolute Gasteiger partial charge is 0.494 e. The quantitative estimate of drug-likeness (QED) is 0.260. The fourth-order valence-electron chi connectivity index (χ4n) is 4.59. The summed E-state index contributed by atoms with van der Waals surface area (Å²) < 4.78 is 12.0. The van der Waals surface area contributed by atoms with Crippen molar-refractivity contribution in [3.63, 3.8) is 0 Å². The number of aromatic nitrogens is 1. The fourth-order valence-corrected chi connectivity index (χ4v) is 5.52. The average Bonchev–Trinajstić information content (AvgIpc) is 3.34. The summed E-state index contributed by atoms with van der Waals surface area (Å²) in [6, 6.07) is 10.7. The van der Waals surface area contributed by atoms with E-state index in [4.69, 9.17) is 9.15 Å². The van der Waals surface area contributed by atoms with Crippen molar-refractivity contribution in [2.45, 2.75) is 59.9 Å². The Morgan fingerprint density at radius 1 is 1.03 bits per heavy atom. The number of thiazole rings is 1. The van der Waals surface area contributed by atoms with Gasteiger partial charge in [0.1, 0.15) is 11.3 Å². The first-order valence-electron chi connectivity index (χ1n) is 12.4. The van der Waals surface area contributed by atoms with Gasteiger partial charge in [-0.2, -0.15) is 0 Å². The minimum Gasteiger partial charge on any atom is -0.494 e. The summed E-state index contributed by atoms with van der Waals surface area (Å²) in [7, 11) is 0. The molecular formula is C29H30N2O4S. The van der Waals surface area contributed by atoms with Crippen molar-refractivity contribution in [3.05, 3.63) is 85.2 Å². The van der Waals surface area contributed by atoms with Gasteiger partial charge in [-0.1, -0.05) is 31.9 Å². The van der Waals surface area contributed by atoms with Gasteiger partial charge in [0.25, 0.3) is 5.91 Å². The SMILES string of the molecule is CCCCCOc1ccc(C2c3c(oc4cc(C)c(C)cc4c3=O)C(=O)N2c2nc(C)c(C)s2)cc1. The maximum Gasteiger partial charge on any atom is 0.297 e. The number of fused-ring (bicyclic) bond motifs is 2. The molecule has 0 N–H and O–H groups in total. The number of hydrogen-bond donors (Lipinski definition) is 0. The highest BCUT2D eigenvalue weighted by molar-refractivity contribution is 7.15. The summed E-state index contributed by atoms with van der Waals surface area (Å²) in [6.45, 7) is 10.7. The molecule has 0 aliphatic carbocycles. The second-order valence-electron chi connectivity index (χ2n) is 9.45. The highest BCUT2D eigenvalue weighted by Crippen LogP contribution is 2.43. The average molecular weight is 503 g/mol. The zero-order valence-corrected chi connectivity index (χ0v) is 22.1. The molecule has 0 fully saturated rings. The Labute approximate surface area is 214 Å². The molecule has 0 saturated heterocycles. The molecule has 7 heteroatoms. The highest BCUT2D eigenvalue weighted by atomic mass is 32.1. The summed E-state index contributed by atoms with van der Waals surface area (Å²) >= 11 is 1.44. The van der Waals surface area contributed by atoms with Gasteiger partial charge in [0.15, 0.2) is 10.6 Å². The van der Waals surface area contributed by atoms with E-state index in [1.807, 2.05) is 64.1 Å². The maximum absolute atomic E-state index is 13.9. The number of hydrogen-bond acceptors (Lipinski definition) is 6. The number of unbranched alkanes of at least 4 members (excludes halogenated alkanes) is 2. The van der Waals surface area contributed by atoms with Gasteiger partial charge in [0.05, 0.1) is 29.3 Å². The molecular weight excluding hydrogens is 472 g/mol. The first kappa shape index (κ1) is 24.3. The van der Waals surface area contributed by atoms with Gasteiger partial charge in [-0.05, 0) is 75.1 Å². The Bertz CT molecular complexity index is 1500. The lowest BCUT2D eigenvalue weighted by Crippen LogP contribution is -2.29. The molecule has 5 rings (SSSR count). The maximum atomic E-state index is 13.9. The van der Waals surface area contributed by atoms with Crippen LogP contribution in [0.5, 0.6) is 5.75 Å². The number of rotatable bonds is 7. The molecule has 1 aliphatic heterocycles. The minimum absolute atomic E-state index is 0.0890. The molecule has 186 valence electrons. The molecule has 6 nitrogen and oxygen atoms in total. The molecule has 36 heavy (non-hydrogen) atoms. The number of ether oxygens (including phenoxy) is 1. The number of carbonyl (C=O) groups is 1. The lowest BCUT2D eigenvalue weighted by molar-refractivity contribution is 0.0971. The second-order valence-corrected chi connectivity index (χ2v) is 10.6. The number of aryl methyl sites for hydroxylation is 4. The molecule has 1 unspecified atom stereocenters. The van der Waals surface area contributed by atoms with Crippen LogP contribution in [-0.4, -0.2) is 17.5 Å². The molecule has 4 aromatic rings. The van der Waals surface area contributed by atoms with Crippen LogP contribution in [0, 0.1) is 27.7 Å². The van der Waals surface area contributed by atoms with Crippen LogP contribution >= 0.6 is 11.3 Å². The number of amides is 1. The second kappa shape index (κ2) is 9.54. The molecule has 1 aliphatic rings. The Morgan fingerprint density at radius 3 is 2.42 bits per heavy atom. The molecule has 2 aromatic heterocycles. The monoisotopic (exact) mass is 502 g/mol. The van der Waals surface area contributed by atoms with E-state index >= 15 is 0 Å². The van der Waals surface area contributed by atoms with Crippen LogP contribution in [0.4, 0.5) is 5.13 Å². The van der Waals surface area contributed by atoms with Crippen molar-refractivity contribution in [1.29, 1.82) is 0 Å². The standard InChI is InChI=1S/C29H30N2O4S/c1-6-7-8-13-34-21-11-9-20(10-12-21)25-24-26(32)22-14-16(2)17(3)15-23(22)35-27(24)28(33)31(25)29-30-18(4)19(5)36-29/h9-12,14-15,25H,6-8,13H2,1-5H3. The molecule has 1 amide bonds. The van der Waals surface area contributed by atoms with Crippen molar-refractivity contribution < 1.29 is 13.9 Å². The van der Waals surface area contributed by atoms with E-state index in [0.29, 0.717) is 28.3 Å². The van der Waals surface area contributed by atoms with Gasteiger partial charge in [0, 0.05) is 4.88 Å². The van der Waals surface area contributed by atoms with Crippen LogP contribution in [0.1, 0.15) is 75.6 Å². The first-order chi connectivity index (χ1) is 17.3. The molecule has 3 heterocycles. The number of benzene rings is 2. The van der Waals surface area contributed by atoms with Crippen LogP contribution in [0.3, 0.4) is 0 Å². The molecule has 0 radical (unpaired) electrons. The van der Waals surface area contributed by atoms with Crippen molar-refractivity contribution in [3.8, 4) is 5.75 Å². The third-order valence-electron chi connectivity index (χ3n) is 6.92. The van der Waals surface area contributed by atoms with Crippen molar-refractivity contribution >= 4 is 33.3 Å². The van der Waals surface area contributed by atoms with Crippen molar-refractivity contribution in [2.75, 3.05) is 11.5 Å². The summed E-state index contributed by atoms with van der Waals surface area (Å²) in [6.07, 6.45) is 3.27. The van der Waals surface area contributed by atoms with E-state index in [-0.39, 0.29) is 17.1 Å². The Morgan fingerprint density at radius 2 is 1.75 bits per heavy atom. The third-order valence-corrected chi connectivity index (χ3v) is 7.99. The van der Waals surface area contributed by atoms with Crippen molar-refractivity contribution in [1.82, 2.24) is 4.98 Å². The van der Waals surface area contributed by atoms with Crippen LogP contribution in [-0.2, 0) is 0 Å². The van der Waals surface area contributed by atoms with Gasteiger partial charge in [-0.3, -0.25) is 14.5 Å². The normalized spacial score (nSPS) is 15.1. The Kier molecular flexibility index (Phi) is 6.43. The molecule has 0 saturated carbocycles. The van der Waals surface area contributed by atoms with Crippen LogP contribution in [0.15, 0.2) is 45.6 Å². The van der Waals surface area contributed by atoms with Gasteiger partial charge < -0.3 is 9.15 Å². The fraction of sp³-hybridized carbons (Fsp3) is 0.345.